The molecule has 0 aromatic heterocycles. The summed E-state index contributed by atoms with van der Waals surface area (Å²) in [7, 11) is 0. The van der Waals surface area contributed by atoms with Crippen molar-refractivity contribution in [3.8, 4) is 0 Å². The Bertz CT molecular complexity index is 872. The fraction of sp³-hybridized carbons (Fsp3) is 0.273. The normalized spacial score (nSPS) is 11.1. The first-order valence-electron chi connectivity index (χ1n) is 9.64. The Hall–Kier alpha value is -3.88. The van der Waals surface area contributed by atoms with Crippen LogP contribution in [-0.2, 0) is 32.3 Å². The number of alkyl carbamates (subject to hydrolysis) is 2. The molecule has 0 aliphatic carbocycles. The van der Waals surface area contributed by atoms with E-state index in [4.69, 9.17) is 9.47 Å². The molecule has 0 fully saturated rings. The van der Waals surface area contributed by atoms with E-state index in [9.17, 15) is 24.3 Å². The standard InChI is InChI=1S/C22H24N2O7/c25-19(24-22(29)31-15-17-10-5-2-6-11-17)13-7-12-18(20(26)27)23-21(28)30-14-16-8-3-1-4-9-16/h1-6,8-11,18H,7,12-15H2,(H,23,28)(H,26,27)(H,24,25,29)/t18-/m0/s1. The third-order valence-electron chi connectivity index (χ3n) is 4.15. The molecule has 0 saturated carbocycles. The fourth-order valence-electron chi connectivity index (χ4n) is 2.57. The lowest BCUT2D eigenvalue weighted by Gasteiger charge is -2.14. The summed E-state index contributed by atoms with van der Waals surface area (Å²) in [6, 6.07) is 16.7. The number of hydrogen-bond acceptors (Lipinski definition) is 6. The van der Waals surface area contributed by atoms with Crippen molar-refractivity contribution in [1.82, 2.24) is 10.6 Å². The van der Waals surface area contributed by atoms with Crippen LogP contribution in [0.15, 0.2) is 60.7 Å². The van der Waals surface area contributed by atoms with E-state index in [-0.39, 0.29) is 32.5 Å². The Labute approximate surface area is 179 Å². The summed E-state index contributed by atoms with van der Waals surface area (Å²) in [6.07, 6.45) is -1.74. The number of benzene rings is 2. The number of carboxylic acid groups (broad SMARTS) is 1. The SMILES string of the molecule is O=C(CCC[C@H](NC(=O)OCc1ccccc1)C(=O)O)NC(=O)OCc1ccccc1. The number of carboxylic acids is 1. The third kappa shape index (κ3) is 9.44. The zero-order valence-corrected chi connectivity index (χ0v) is 16.8. The maximum Gasteiger partial charge on any atom is 0.414 e. The molecule has 3 N–H and O–H groups in total. The minimum Gasteiger partial charge on any atom is -0.480 e. The summed E-state index contributed by atoms with van der Waals surface area (Å²) in [5.41, 5.74) is 1.54. The van der Waals surface area contributed by atoms with Crippen molar-refractivity contribution in [3.63, 3.8) is 0 Å². The van der Waals surface area contributed by atoms with Crippen LogP contribution in [0.25, 0.3) is 0 Å². The van der Waals surface area contributed by atoms with Crippen LogP contribution < -0.4 is 10.6 Å². The van der Waals surface area contributed by atoms with Crippen LogP contribution in [-0.4, -0.2) is 35.2 Å². The number of imide groups is 1. The lowest BCUT2D eigenvalue weighted by Crippen LogP contribution is -2.41. The van der Waals surface area contributed by atoms with Gasteiger partial charge in [0.25, 0.3) is 0 Å². The van der Waals surface area contributed by atoms with Crippen LogP contribution in [0.1, 0.15) is 30.4 Å². The largest absolute Gasteiger partial charge is 0.480 e. The zero-order valence-electron chi connectivity index (χ0n) is 16.8. The molecule has 9 nitrogen and oxygen atoms in total. The average Bonchev–Trinajstić information content (AvgIpc) is 2.77. The molecule has 0 saturated heterocycles. The van der Waals surface area contributed by atoms with Gasteiger partial charge in [0.2, 0.25) is 5.91 Å². The Morgan fingerprint density at radius 1 is 0.806 bits per heavy atom. The Balaban J connectivity index is 1.66. The molecular formula is C22H24N2O7. The molecule has 164 valence electrons. The van der Waals surface area contributed by atoms with E-state index < -0.39 is 30.1 Å². The van der Waals surface area contributed by atoms with E-state index in [1.54, 1.807) is 48.5 Å². The third-order valence-corrected chi connectivity index (χ3v) is 4.15. The van der Waals surface area contributed by atoms with Gasteiger partial charge in [-0.1, -0.05) is 60.7 Å². The van der Waals surface area contributed by atoms with Gasteiger partial charge >= 0.3 is 18.2 Å². The second-order valence-electron chi connectivity index (χ2n) is 6.60. The highest BCUT2D eigenvalue weighted by Crippen LogP contribution is 2.05. The highest BCUT2D eigenvalue weighted by atomic mass is 16.6. The number of carbonyl (C=O) groups is 4. The van der Waals surface area contributed by atoms with E-state index >= 15 is 0 Å². The molecule has 0 radical (unpaired) electrons. The van der Waals surface area contributed by atoms with E-state index in [0.717, 1.165) is 11.1 Å². The van der Waals surface area contributed by atoms with Gasteiger partial charge in [0, 0.05) is 6.42 Å². The highest BCUT2D eigenvalue weighted by molar-refractivity contribution is 5.91. The molecule has 0 bridgehead atoms. The molecule has 2 rings (SSSR count). The number of rotatable bonds is 10. The van der Waals surface area contributed by atoms with Crippen molar-refractivity contribution in [2.24, 2.45) is 0 Å². The van der Waals surface area contributed by atoms with Crippen LogP contribution in [0.2, 0.25) is 0 Å². The number of aliphatic carboxylic acids is 1. The Kier molecular flexibility index (Phi) is 9.54. The predicted octanol–water partition coefficient (Wildman–Crippen LogP) is 2.99. The molecule has 0 spiro atoms. The van der Waals surface area contributed by atoms with Crippen molar-refractivity contribution in [3.05, 3.63) is 71.8 Å². The molecule has 3 amide bonds. The highest BCUT2D eigenvalue weighted by Gasteiger charge is 2.21. The maximum absolute atomic E-state index is 11.8. The Morgan fingerprint density at radius 3 is 1.84 bits per heavy atom. The number of nitrogens with one attached hydrogen (secondary N) is 2. The van der Waals surface area contributed by atoms with Gasteiger partial charge in [-0.2, -0.15) is 0 Å². The van der Waals surface area contributed by atoms with Crippen LogP contribution in [0.4, 0.5) is 9.59 Å². The smallest absolute Gasteiger partial charge is 0.414 e. The van der Waals surface area contributed by atoms with Crippen LogP contribution in [0.5, 0.6) is 0 Å². The summed E-state index contributed by atoms with van der Waals surface area (Å²) in [5.74, 6) is -1.85. The monoisotopic (exact) mass is 428 g/mol. The van der Waals surface area contributed by atoms with Crippen molar-refractivity contribution in [2.45, 2.75) is 38.5 Å². The molecule has 0 unspecified atom stereocenters. The quantitative estimate of drug-likeness (QED) is 0.530. The second-order valence-corrected chi connectivity index (χ2v) is 6.60. The average molecular weight is 428 g/mol. The minimum atomic E-state index is -1.25. The van der Waals surface area contributed by atoms with E-state index in [1.165, 1.54) is 0 Å². The topological polar surface area (TPSA) is 131 Å². The Morgan fingerprint density at radius 2 is 1.32 bits per heavy atom. The predicted molar refractivity (Wildman–Crippen MR) is 110 cm³/mol. The molecule has 31 heavy (non-hydrogen) atoms. The maximum atomic E-state index is 11.8. The van der Waals surface area contributed by atoms with Crippen LogP contribution >= 0.6 is 0 Å². The summed E-state index contributed by atoms with van der Waals surface area (Å²) in [4.78, 5) is 46.6. The van der Waals surface area contributed by atoms with Gasteiger partial charge in [0.1, 0.15) is 19.3 Å². The molecule has 1 atom stereocenters. The second kappa shape index (κ2) is 12.6. The number of hydrogen-bond donors (Lipinski definition) is 3. The van der Waals surface area contributed by atoms with E-state index in [0.29, 0.717) is 0 Å². The summed E-state index contributed by atoms with van der Waals surface area (Å²) in [5, 5.41) is 13.6. The minimum absolute atomic E-state index is 0.00646. The molecule has 9 heteroatoms. The van der Waals surface area contributed by atoms with Gasteiger partial charge in [-0.15, -0.1) is 0 Å². The fourth-order valence-corrected chi connectivity index (χ4v) is 2.57. The van der Waals surface area contributed by atoms with Gasteiger partial charge < -0.3 is 19.9 Å². The first kappa shape index (κ1) is 23.4. The lowest BCUT2D eigenvalue weighted by atomic mass is 10.1. The molecule has 0 aliphatic rings. The summed E-state index contributed by atoms with van der Waals surface area (Å²) >= 11 is 0. The first-order valence-corrected chi connectivity index (χ1v) is 9.64. The van der Waals surface area contributed by atoms with Crippen molar-refractivity contribution < 1.29 is 33.8 Å². The zero-order chi connectivity index (χ0) is 22.5. The van der Waals surface area contributed by atoms with Gasteiger partial charge in [-0.3, -0.25) is 10.1 Å². The van der Waals surface area contributed by atoms with E-state index in [2.05, 4.69) is 10.6 Å². The molecule has 2 aromatic rings. The number of amides is 3. The van der Waals surface area contributed by atoms with Gasteiger partial charge in [-0.25, -0.2) is 14.4 Å². The van der Waals surface area contributed by atoms with Crippen molar-refractivity contribution in [1.29, 1.82) is 0 Å². The van der Waals surface area contributed by atoms with Gasteiger partial charge in [0.15, 0.2) is 0 Å². The lowest BCUT2D eigenvalue weighted by molar-refractivity contribution is -0.139. The molecule has 0 heterocycles. The summed E-state index contributed by atoms with van der Waals surface area (Å²) in [6.45, 7) is 0.0303. The number of ether oxygens (including phenoxy) is 2. The molecule has 2 aromatic carbocycles. The molecular weight excluding hydrogens is 404 g/mol. The number of carbonyl (C=O) groups excluding carboxylic acids is 3. The van der Waals surface area contributed by atoms with Crippen LogP contribution in [0, 0.1) is 0 Å². The van der Waals surface area contributed by atoms with Gasteiger partial charge in [0.05, 0.1) is 0 Å². The first-order chi connectivity index (χ1) is 14.9. The summed E-state index contributed by atoms with van der Waals surface area (Å²) < 4.78 is 9.94. The van der Waals surface area contributed by atoms with Crippen molar-refractivity contribution >= 4 is 24.1 Å². The van der Waals surface area contributed by atoms with E-state index in [1.807, 2.05) is 12.1 Å². The molecule has 0 aliphatic heterocycles. The van der Waals surface area contributed by atoms with Gasteiger partial charge in [-0.05, 0) is 24.0 Å². The van der Waals surface area contributed by atoms with Crippen molar-refractivity contribution in [2.75, 3.05) is 0 Å². The van der Waals surface area contributed by atoms with Crippen LogP contribution in [0.3, 0.4) is 0 Å².